The predicted molar refractivity (Wildman–Crippen MR) is 143 cm³/mol. The van der Waals surface area contributed by atoms with Gasteiger partial charge in [-0.25, -0.2) is 14.5 Å². The third-order valence-corrected chi connectivity index (χ3v) is 6.71. The standard InChI is InChI=1S/C29H29N7O/c30-19-23-7-16-28(31-21-23)34-24-8-10-26(11-9-24)36(29(37)32-20-22-5-2-1-3-6-22)27-14-12-25(13-15-27)35-18-4-17-33-35/h1-7,12-18,21,24,26H,8-11,20H2,(H,31,34)(H,32,37). The number of hydrogen-bond donors (Lipinski definition) is 2. The van der Waals surface area contributed by atoms with E-state index in [4.69, 9.17) is 5.26 Å². The summed E-state index contributed by atoms with van der Waals surface area (Å²) < 4.78 is 1.80. The zero-order valence-corrected chi connectivity index (χ0v) is 20.5. The molecule has 186 valence electrons. The number of carbonyl (C=O) groups excluding carboxylic acids is 1. The molecule has 8 nitrogen and oxygen atoms in total. The van der Waals surface area contributed by atoms with Crippen molar-refractivity contribution in [2.45, 2.75) is 44.3 Å². The number of urea groups is 1. The topological polar surface area (TPSA) is 98.9 Å². The van der Waals surface area contributed by atoms with Gasteiger partial charge in [0.15, 0.2) is 0 Å². The summed E-state index contributed by atoms with van der Waals surface area (Å²) in [6.07, 6.45) is 8.80. The van der Waals surface area contributed by atoms with E-state index in [9.17, 15) is 4.79 Å². The van der Waals surface area contributed by atoms with Crippen molar-refractivity contribution >= 4 is 17.5 Å². The molecule has 0 spiro atoms. The van der Waals surface area contributed by atoms with E-state index >= 15 is 0 Å². The van der Waals surface area contributed by atoms with Crippen LogP contribution in [0.3, 0.4) is 0 Å². The fourth-order valence-electron chi connectivity index (χ4n) is 4.77. The maximum atomic E-state index is 13.5. The first-order chi connectivity index (χ1) is 18.2. The molecule has 1 saturated carbocycles. The Bertz CT molecular complexity index is 1320. The van der Waals surface area contributed by atoms with Crippen LogP contribution in [-0.4, -0.2) is 32.9 Å². The number of amides is 2. The van der Waals surface area contributed by atoms with E-state index < -0.39 is 0 Å². The van der Waals surface area contributed by atoms with E-state index in [1.54, 1.807) is 23.1 Å². The molecule has 2 N–H and O–H groups in total. The van der Waals surface area contributed by atoms with E-state index in [0.29, 0.717) is 12.1 Å². The van der Waals surface area contributed by atoms with Gasteiger partial charge < -0.3 is 10.6 Å². The molecule has 2 heterocycles. The SMILES string of the molecule is N#Cc1ccc(NC2CCC(N(C(=O)NCc3ccccc3)c3ccc(-n4cccn4)cc3)CC2)nc1. The van der Waals surface area contributed by atoms with Gasteiger partial charge in [0, 0.05) is 42.9 Å². The minimum absolute atomic E-state index is 0.0818. The lowest BCUT2D eigenvalue weighted by Crippen LogP contribution is -2.48. The Morgan fingerprint density at radius 3 is 2.43 bits per heavy atom. The monoisotopic (exact) mass is 491 g/mol. The van der Waals surface area contributed by atoms with Crippen molar-refractivity contribution in [1.82, 2.24) is 20.1 Å². The molecular formula is C29H29N7O. The van der Waals surface area contributed by atoms with Crippen LogP contribution in [0.25, 0.3) is 5.69 Å². The molecule has 2 aromatic carbocycles. The lowest BCUT2D eigenvalue weighted by molar-refractivity contribution is 0.240. The van der Waals surface area contributed by atoms with Crippen molar-refractivity contribution in [1.29, 1.82) is 5.26 Å². The van der Waals surface area contributed by atoms with Gasteiger partial charge in [0.2, 0.25) is 0 Å². The summed E-state index contributed by atoms with van der Waals surface area (Å²) in [4.78, 5) is 19.8. The number of hydrogen-bond acceptors (Lipinski definition) is 5. The number of aromatic nitrogens is 3. The Balaban J connectivity index is 1.28. The third kappa shape index (κ3) is 5.96. The molecule has 1 fully saturated rings. The number of pyridine rings is 1. The summed E-state index contributed by atoms with van der Waals surface area (Å²) in [7, 11) is 0. The van der Waals surface area contributed by atoms with Crippen LogP contribution in [0.5, 0.6) is 0 Å². The molecule has 0 bridgehead atoms. The molecule has 0 aliphatic heterocycles. The minimum Gasteiger partial charge on any atom is -0.367 e. The second-order valence-electron chi connectivity index (χ2n) is 9.18. The summed E-state index contributed by atoms with van der Waals surface area (Å²) in [5, 5.41) is 19.9. The summed E-state index contributed by atoms with van der Waals surface area (Å²) in [5.41, 5.74) is 3.42. The quantitative estimate of drug-likeness (QED) is 0.367. The largest absolute Gasteiger partial charge is 0.367 e. The maximum absolute atomic E-state index is 13.5. The van der Waals surface area contributed by atoms with Gasteiger partial charge in [-0.3, -0.25) is 4.90 Å². The van der Waals surface area contributed by atoms with Crippen LogP contribution in [0.1, 0.15) is 36.8 Å². The van der Waals surface area contributed by atoms with Crippen molar-refractivity contribution in [3.8, 4) is 11.8 Å². The Labute approximate surface area is 216 Å². The highest BCUT2D eigenvalue weighted by Crippen LogP contribution is 2.30. The van der Waals surface area contributed by atoms with Gasteiger partial charge in [-0.15, -0.1) is 0 Å². The van der Waals surface area contributed by atoms with Crippen molar-refractivity contribution in [3.63, 3.8) is 0 Å². The highest BCUT2D eigenvalue weighted by Gasteiger charge is 2.30. The Morgan fingerprint density at radius 2 is 1.78 bits per heavy atom. The van der Waals surface area contributed by atoms with Gasteiger partial charge in [0.05, 0.1) is 11.3 Å². The molecule has 0 saturated heterocycles. The third-order valence-electron chi connectivity index (χ3n) is 6.71. The van der Waals surface area contributed by atoms with Crippen LogP contribution in [0.4, 0.5) is 16.3 Å². The number of carbonyl (C=O) groups is 1. The first-order valence-electron chi connectivity index (χ1n) is 12.5. The molecule has 0 atom stereocenters. The van der Waals surface area contributed by atoms with Gasteiger partial charge in [-0.05, 0) is 73.7 Å². The molecule has 5 rings (SSSR count). The summed E-state index contributed by atoms with van der Waals surface area (Å²) in [5.74, 6) is 0.772. The van der Waals surface area contributed by atoms with E-state index in [-0.39, 0.29) is 18.1 Å². The van der Waals surface area contributed by atoms with E-state index in [1.165, 1.54) is 0 Å². The summed E-state index contributed by atoms with van der Waals surface area (Å²) in [6, 6.07) is 25.8. The van der Waals surface area contributed by atoms with Gasteiger partial charge in [-0.1, -0.05) is 30.3 Å². The van der Waals surface area contributed by atoms with E-state index in [0.717, 1.165) is 48.4 Å². The maximum Gasteiger partial charge on any atom is 0.322 e. The molecule has 4 aromatic rings. The van der Waals surface area contributed by atoms with Crippen LogP contribution in [0, 0.1) is 11.3 Å². The molecule has 0 radical (unpaired) electrons. The Hall–Kier alpha value is -4.64. The number of benzene rings is 2. The van der Waals surface area contributed by atoms with E-state index in [2.05, 4.69) is 26.8 Å². The first-order valence-corrected chi connectivity index (χ1v) is 12.5. The average molecular weight is 492 g/mol. The van der Waals surface area contributed by atoms with Crippen LogP contribution in [0.15, 0.2) is 91.4 Å². The van der Waals surface area contributed by atoms with Crippen LogP contribution >= 0.6 is 0 Å². The number of nitrogens with zero attached hydrogens (tertiary/aromatic N) is 5. The average Bonchev–Trinajstić information content (AvgIpc) is 3.50. The van der Waals surface area contributed by atoms with Crippen molar-refractivity contribution in [2.75, 3.05) is 10.2 Å². The molecule has 1 aliphatic carbocycles. The smallest absolute Gasteiger partial charge is 0.322 e. The number of anilines is 2. The second kappa shape index (κ2) is 11.4. The van der Waals surface area contributed by atoms with Gasteiger partial charge in [0.25, 0.3) is 0 Å². The molecule has 2 amide bonds. The number of nitrogens with one attached hydrogen (secondary N) is 2. The van der Waals surface area contributed by atoms with Crippen LogP contribution < -0.4 is 15.5 Å². The Kier molecular flexibility index (Phi) is 7.42. The lowest BCUT2D eigenvalue weighted by atomic mass is 9.90. The van der Waals surface area contributed by atoms with Crippen LogP contribution in [-0.2, 0) is 6.54 Å². The first kappa shape index (κ1) is 24.1. The molecule has 1 aliphatic rings. The van der Waals surface area contributed by atoms with Crippen LogP contribution in [0.2, 0.25) is 0 Å². The van der Waals surface area contributed by atoms with Crippen molar-refractivity contribution < 1.29 is 4.79 Å². The summed E-state index contributed by atoms with van der Waals surface area (Å²) >= 11 is 0. The summed E-state index contributed by atoms with van der Waals surface area (Å²) in [6.45, 7) is 0.475. The molecule has 2 aromatic heterocycles. The highest BCUT2D eigenvalue weighted by molar-refractivity contribution is 5.92. The van der Waals surface area contributed by atoms with Crippen molar-refractivity contribution in [3.05, 3.63) is 103 Å². The normalized spacial score (nSPS) is 16.9. The second-order valence-corrected chi connectivity index (χ2v) is 9.18. The predicted octanol–water partition coefficient (Wildman–Crippen LogP) is 5.28. The number of rotatable bonds is 7. The molecule has 0 unspecified atom stereocenters. The van der Waals surface area contributed by atoms with E-state index in [1.807, 2.05) is 77.8 Å². The highest BCUT2D eigenvalue weighted by atomic mass is 16.2. The Morgan fingerprint density at radius 1 is 1.00 bits per heavy atom. The molecular weight excluding hydrogens is 462 g/mol. The van der Waals surface area contributed by atoms with Gasteiger partial charge >= 0.3 is 6.03 Å². The zero-order valence-electron chi connectivity index (χ0n) is 20.5. The number of nitriles is 1. The zero-order chi connectivity index (χ0) is 25.5. The minimum atomic E-state index is -0.0964. The van der Waals surface area contributed by atoms with Gasteiger partial charge in [-0.2, -0.15) is 10.4 Å². The lowest BCUT2D eigenvalue weighted by Gasteiger charge is -2.37. The van der Waals surface area contributed by atoms with Gasteiger partial charge in [0.1, 0.15) is 11.9 Å². The molecule has 8 heteroatoms. The van der Waals surface area contributed by atoms with Crippen molar-refractivity contribution in [2.24, 2.45) is 0 Å². The fourth-order valence-corrected chi connectivity index (χ4v) is 4.77. The fraction of sp³-hybridized carbons (Fsp3) is 0.241. The molecule has 37 heavy (non-hydrogen) atoms.